The second kappa shape index (κ2) is 5.19. The van der Waals surface area contributed by atoms with Crippen molar-refractivity contribution in [1.82, 2.24) is 0 Å². The standard InChI is InChI=1S/C14H19N3O2/c15-13-5-6-17(14(13)18)12-3-1-11(2-4-12)16-7-9-19-10-8-16/h1-4,13H,5-10,15H2. The van der Waals surface area contributed by atoms with E-state index in [1.165, 1.54) is 5.69 Å². The van der Waals surface area contributed by atoms with Crippen molar-refractivity contribution in [1.29, 1.82) is 0 Å². The van der Waals surface area contributed by atoms with Crippen molar-refractivity contribution in [3.8, 4) is 0 Å². The van der Waals surface area contributed by atoms with Gasteiger partial charge in [-0.25, -0.2) is 0 Å². The number of carbonyl (C=O) groups is 1. The van der Waals surface area contributed by atoms with Gasteiger partial charge in [-0.2, -0.15) is 0 Å². The predicted octanol–water partition coefficient (Wildman–Crippen LogP) is 0.587. The normalized spacial score (nSPS) is 24.1. The van der Waals surface area contributed by atoms with Crippen molar-refractivity contribution in [3.63, 3.8) is 0 Å². The maximum absolute atomic E-state index is 11.9. The zero-order chi connectivity index (χ0) is 13.2. The highest BCUT2D eigenvalue weighted by molar-refractivity contribution is 5.99. The summed E-state index contributed by atoms with van der Waals surface area (Å²) in [5, 5.41) is 0. The molecule has 1 aromatic rings. The Kier molecular flexibility index (Phi) is 3.40. The third kappa shape index (κ3) is 2.43. The summed E-state index contributed by atoms with van der Waals surface area (Å²) in [6.07, 6.45) is 0.740. The Morgan fingerprint density at radius 2 is 1.68 bits per heavy atom. The summed E-state index contributed by atoms with van der Waals surface area (Å²) in [6, 6.07) is 7.80. The number of morpholine rings is 1. The average Bonchev–Trinajstić information content (AvgIpc) is 2.80. The van der Waals surface area contributed by atoms with Gasteiger partial charge in [0, 0.05) is 31.0 Å². The highest BCUT2D eigenvalue weighted by Gasteiger charge is 2.29. The minimum absolute atomic E-state index is 0.0270. The van der Waals surface area contributed by atoms with Crippen molar-refractivity contribution < 1.29 is 9.53 Å². The molecule has 1 aromatic carbocycles. The van der Waals surface area contributed by atoms with E-state index in [1.807, 2.05) is 12.1 Å². The Morgan fingerprint density at radius 3 is 2.26 bits per heavy atom. The van der Waals surface area contributed by atoms with Crippen LogP contribution in [-0.2, 0) is 9.53 Å². The SMILES string of the molecule is NC1CCN(c2ccc(N3CCOCC3)cc2)C1=O. The zero-order valence-electron chi connectivity index (χ0n) is 10.9. The molecule has 1 amide bonds. The minimum atomic E-state index is -0.334. The zero-order valence-corrected chi connectivity index (χ0v) is 10.9. The number of amides is 1. The molecule has 102 valence electrons. The monoisotopic (exact) mass is 261 g/mol. The first-order valence-electron chi connectivity index (χ1n) is 6.75. The molecule has 5 heteroatoms. The van der Waals surface area contributed by atoms with Gasteiger partial charge in [0.1, 0.15) is 0 Å². The Hall–Kier alpha value is -1.59. The molecule has 2 saturated heterocycles. The van der Waals surface area contributed by atoms with Crippen LogP contribution in [0.4, 0.5) is 11.4 Å². The lowest BCUT2D eigenvalue weighted by atomic mass is 10.2. The van der Waals surface area contributed by atoms with Crippen LogP contribution < -0.4 is 15.5 Å². The highest BCUT2D eigenvalue weighted by Crippen LogP contribution is 2.24. The fourth-order valence-corrected chi connectivity index (χ4v) is 2.62. The number of ether oxygens (including phenoxy) is 1. The smallest absolute Gasteiger partial charge is 0.243 e. The van der Waals surface area contributed by atoms with Gasteiger partial charge in [0.15, 0.2) is 0 Å². The van der Waals surface area contributed by atoms with Gasteiger partial charge in [0.05, 0.1) is 19.3 Å². The van der Waals surface area contributed by atoms with E-state index in [4.69, 9.17) is 10.5 Å². The summed E-state index contributed by atoms with van der Waals surface area (Å²) in [5.74, 6) is 0.0270. The number of benzene rings is 1. The van der Waals surface area contributed by atoms with Crippen molar-refractivity contribution in [2.75, 3.05) is 42.6 Å². The average molecular weight is 261 g/mol. The lowest BCUT2D eigenvalue weighted by Gasteiger charge is -2.29. The molecular formula is C14H19N3O2. The van der Waals surface area contributed by atoms with E-state index in [2.05, 4.69) is 17.0 Å². The first-order valence-corrected chi connectivity index (χ1v) is 6.75. The second-order valence-corrected chi connectivity index (χ2v) is 5.00. The number of hydrogen-bond acceptors (Lipinski definition) is 4. The largest absolute Gasteiger partial charge is 0.378 e. The molecule has 0 aromatic heterocycles. The molecule has 1 atom stereocenters. The van der Waals surface area contributed by atoms with Crippen molar-refractivity contribution >= 4 is 17.3 Å². The van der Waals surface area contributed by atoms with Crippen molar-refractivity contribution in [3.05, 3.63) is 24.3 Å². The molecule has 2 N–H and O–H groups in total. The number of hydrogen-bond donors (Lipinski definition) is 1. The van der Waals surface area contributed by atoms with Gasteiger partial charge in [-0.3, -0.25) is 4.79 Å². The number of nitrogens with two attached hydrogens (primary N) is 1. The first-order chi connectivity index (χ1) is 9.25. The molecule has 0 saturated carbocycles. The van der Waals surface area contributed by atoms with Gasteiger partial charge >= 0.3 is 0 Å². The van der Waals surface area contributed by atoms with Gasteiger partial charge in [-0.15, -0.1) is 0 Å². The summed E-state index contributed by atoms with van der Waals surface area (Å²) >= 11 is 0. The van der Waals surface area contributed by atoms with Crippen molar-refractivity contribution in [2.45, 2.75) is 12.5 Å². The minimum Gasteiger partial charge on any atom is -0.378 e. The molecule has 3 rings (SSSR count). The summed E-state index contributed by atoms with van der Waals surface area (Å²) < 4.78 is 5.34. The van der Waals surface area contributed by atoms with Crippen molar-refractivity contribution in [2.24, 2.45) is 5.73 Å². The van der Waals surface area contributed by atoms with E-state index in [9.17, 15) is 4.79 Å². The predicted molar refractivity (Wildman–Crippen MR) is 74.4 cm³/mol. The fourth-order valence-electron chi connectivity index (χ4n) is 2.62. The van der Waals surface area contributed by atoms with Gasteiger partial charge in [0.25, 0.3) is 0 Å². The lowest BCUT2D eigenvalue weighted by Crippen LogP contribution is -2.36. The number of rotatable bonds is 2. The number of anilines is 2. The molecule has 5 nitrogen and oxygen atoms in total. The van der Waals surface area contributed by atoms with Crippen LogP contribution >= 0.6 is 0 Å². The van der Waals surface area contributed by atoms with Crippen LogP contribution in [0.15, 0.2) is 24.3 Å². The van der Waals surface area contributed by atoms with Crippen LogP contribution in [0.1, 0.15) is 6.42 Å². The summed E-state index contributed by atoms with van der Waals surface area (Å²) in [6.45, 7) is 4.12. The van der Waals surface area contributed by atoms with E-state index >= 15 is 0 Å². The van der Waals surface area contributed by atoms with Crippen LogP contribution in [0.25, 0.3) is 0 Å². The Morgan fingerprint density at radius 1 is 1.05 bits per heavy atom. The topological polar surface area (TPSA) is 58.8 Å². The van der Waals surface area contributed by atoms with Crippen LogP contribution in [0.5, 0.6) is 0 Å². The van der Waals surface area contributed by atoms with E-state index in [0.717, 1.165) is 45.0 Å². The van der Waals surface area contributed by atoms with Gasteiger partial charge in [0.2, 0.25) is 5.91 Å². The number of carbonyl (C=O) groups excluding carboxylic acids is 1. The molecule has 2 heterocycles. The van der Waals surface area contributed by atoms with E-state index in [0.29, 0.717) is 0 Å². The van der Waals surface area contributed by atoms with Crippen LogP contribution in [0, 0.1) is 0 Å². The fraction of sp³-hybridized carbons (Fsp3) is 0.500. The Balaban J connectivity index is 1.73. The Bertz CT molecular complexity index is 454. The molecular weight excluding hydrogens is 242 g/mol. The molecule has 1 unspecified atom stereocenters. The summed E-state index contributed by atoms with van der Waals surface area (Å²) in [7, 11) is 0. The molecule has 19 heavy (non-hydrogen) atoms. The van der Waals surface area contributed by atoms with Gasteiger partial charge in [-0.05, 0) is 30.7 Å². The second-order valence-electron chi connectivity index (χ2n) is 5.00. The third-order valence-corrected chi connectivity index (χ3v) is 3.78. The van der Waals surface area contributed by atoms with E-state index < -0.39 is 0 Å². The maximum atomic E-state index is 11.9. The van der Waals surface area contributed by atoms with E-state index in [1.54, 1.807) is 4.90 Å². The quantitative estimate of drug-likeness (QED) is 0.846. The van der Waals surface area contributed by atoms with Crippen LogP contribution in [0.2, 0.25) is 0 Å². The Labute approximate surface area is 112 Å². The van der Waals surface area contributed by atoms with Gasteiger partial charge in [-0.1, -0.05) is 0 Å². The molecule has 2 aliphatic heterocycles. The van der Waals surface area contributed by atoms with Crippen LogP contribution in [0.3, 0.4) is 0 Å². The lowest BCUT2D eigenvalue weighted by molar-refractivity contribution is -0.118. The molecule has 0 spiro atoms. The molecule has 0 aliphatic carbocycles. The first kappa shape index (κ1) is 12.4. The summed E-state index contributed by atoms with van der Waals surface area (Å²) in [5.41, 5.74) is 7.86. The highest BCUT2D eigenvalue weighted by atomic mass is 16.5. The third-order valence-electron chi connectivity index (χ3n) is 3.78. The molecule has 0 bridgehead atoms. The van der Waals surface area contributed by atoms with E-state index in [-0.39, 0.29) is 11.9 Å². The molecule has 2 aliphatic rings. The molecule has 0 radical (unpaired) electrons. The number of nitrogens with zero attached hydrogens (tertiary/aromatic N) is 2. The maximum Gasteiger partial charge on any atom is 0.243 e. The van der Waals surface area contributed by atoms with Crippen LogP contribution in [-0.4, -0.2) is 44.8 Å². The molecule has 2 fully saturated rings. The summed E-state index contributed by atoms with van der Waals surface area (Å²) in [4.78, 5) is 15.9. The van der Waals surface area contributed by atoms with Gasteiger partial charge < -0.3 is 20.3 Å².